The molecule has 17 nitrogen and oxygen atoms in total. The molecule has 3 aromatic heterocycles. The summed E-state index contributed by atoms with van der Waals surface area (Å²) in [7, 11) is 1.82. The largest absolute Gasteiger partial charge is 0.506 e. The zero-order valence-corrected chi connectivity index (χ0v) is 41.4. The van der Waals surface area contributed by atoms with Gasteiger partial charge in [0.2, 0.25) is 17.4 Å². The maximum atomic E-state index is 13.3. The second kappa shape index (κ2) is 25.4. The number of aromatic hydroxyl groups is 1. The summed E-state index contributed by atoms with van der Waals surface area (Å²) in [6.07, 6.45) is -5.49. The fraction of sp³-hybridized carbons (Fsp3) is 0.447. The number of carboxylic acid groups (broad SMARTS) is 2. The van der Waals surface area contributed by atoms with Crippen molar-refractivity contribution in [3.8, 4) is 5.75 Å². The van der Waals surface area contributed by atoms with Crippen LogP contribution < -0.4 is 15.5 Å². The van der Waals surface area contributed by atoms with Gasteiger partial charge >= 0.3 is 35.1 Å². The van der Waals surface area contributed by atoms with Crippen molar-refractivity contribution in [3.63, 3.8) is 0 Å². The number of rotatable bonds is 18. The molecule has 0 unspecified atom stereocenters. The highest BCUT2D eigenvalue weighted by Crippen LogP contribution is 2.51. The Morgan fingerprint density at radius 3 is 1.99 bits per heavy atom. The highest BCUT2D eigenvalue weighted by Gasteiger charge is 2.51. The summed E-state index contributed by atoms with van der Waals surface area (Å²) in [6, 6.07) is 17.7. The zero-order chi connectivity index (χ0) is 53.7. The van der Waals surface area contributed by atoms with E-state index in [1.165, 1.54) is 28.7 Å². The van der Waals surface area contributed by atoms with Gasteiger partial charge in [-0.3, -0.25) is 14.4 Å². The first-order valence-corrected chi connectivity index (χ1v) is 25.1. The van der Waals surface area contributed by atoms with Crippen molar-refractivity contribution in [1.82, 2.24) is 20.1 Å². The number of aliphatic hydroxyl groups excluding tert-OH is 1. The number of aliphatic hydroxyl groups is 2. The number of amides is 2. The van der Waals surface area contributed by atoms with E-state index in [2.05, 4.69) is 20.5 Å². The minimum Gasteiger partial charge on any atom is -0.506 e. The Morgan fingerprint density at radius 2 is 1.45 bits per heavy atom. The second-order valence-electron chi connectivity index (χ2n) is 17.4. The van der Waals surface area contributed by atoms with Gasteiger partial charge in [-0.25, -0.2) is 14.4 Å². The number of ether oxygens (including phenoxy) is 1. The number of likely N-dealkylation sites (tertiary alicyclic amines) is 1. The first-order chi connectivity index (χ1) is 34.3. The predicted molar refractivity (Wildman–Crippen MR) is 258 cm³/mol. The van der Waals surface area contributed by atoms with Gasteiger partial charge in [0, 0.05) is 57.3 Å². The number of benzene rings is 2. The molecule has 0 radical (unpaired) electrons. The molecule has 26 heteroatoms. The van der Waals surface area contributed by atoms with Crippen molar-refractivity contribution in [2.24, 2.45) is 5.41 Å². The summed E-state index contributed by atoms with van der Waals surface area (Å²) in [4.78, 5) is 76.0. The summed E-state index contributed by atoms with van der Waals surface area (Å²) < 4.78 is 69.9. The highest BCUT2D eigenvalue weighted by atomic mass is 32.1. The fourth-order valence-corrected chi connectivity index (χ4v) is 10.7. The van der Waals surface area contributed by atoms with Crippen LogP contribution in [0.2, 0.25) is 0 Å². The number of H-pyrrole nitrogens is 1. The SMILES string of the molecule is CN(CCCCC(=O)Nc1ccc(CNC[C@H](O)c2ccc(O)c3[nH]c(=O)sc23)cc1)C(=O)CCN1CCC2(CC1)CC(OC(=O)C(O)(c1cccs1)c1cccs1)C2.O=C(O)C(F)(F)F.O=C(O)C(F)(F)F. The number of carbonyl (C=O) groups excluding carboxylic acids is 3. The number of carbonyl (C=O) groups is 5. The Labute approximate surface area is 425 Å². The number of piperidine rings is 1. The number of alkyl halides is 6. The number of anilines is 1. The fourth-order valence-electron chi connectivity index (χ4n) is 8.08. The molecule has 1 aliphatic heterocycles. The van der Waals surface area contributed by atoms with E-state index >= 15 is 0 Å². The summed E-state index contributed by atoms with van der Waals surface area (Å²) in [6.45, 7) is 3.82. The van der Waals surface area contributed by atoms with Crippen molar-refractivity contribution in [2.45, 2.75) is 88.1 Å². The second-order valence-corrected chi connectivity index (χ2v) is 20.2. The van der Waals surface area contributed by atoms with Gasteiger partial charge in [-0.1, -0.05) is 41.7 Å². The molecule has 73 heavy (non-hydrogen) atoms. The molecule has 4 heterocycles. The van der Waals surface area contributed by atoms with Crippen molar-refractivity contribution in [1.29, 1.82) is 0 Å². The maximum Gasteiger partial charge on any atom is 0.490 e. The van der Waals surface area contributed by atoms with Gasteiger partial charge in [0.15, 0.2) is 0 Å². The van der Waals surface area contributed by atoms with Crippen LogP contribution in [-0.4, -0.2) is 128 Å². The van der Waals surface area contributed by atoms with E-state index in [0.717, 1.165) is 62.1 Å². The molecule has 2 fully saturated rings. The molecule has 1 atom stereocenters. The number of aromatic amines is 1. The van der Waals surface area contributed by atoms with E-state index in [-0.39, 0.29) is 40.5 Å². The van der Waals surface area contributed by atoms with E-state index in [0.29, 0.717) is 70.1 Å². The van der Waals surface area contributed by atoms with Gasteiger partial charge in [0.05, 0.1) is 20.6 Å². The molecule has 398 valence electrons. The van der Waals surface area contributed by atoms with Crippen molar-refractivity contribution >= 4 is 79.6 Å². The third-order valence-corrected chi connectivity index (χ3v) is 15.0. The third-order valence-electron chi connectivity index (χ3n) is 12.1. The van der Waals surface area contributed by atoms with Crippen molar-refractivity contribution < 1.29 is 80.6 Å². The monoisotopic (exact) mass is 1090 g/mol. The molecule has 1 spiro atoms. The normalized spacial score (nSPS) is 15.2. The number of hydrogen-bond acceptors (Lipinski definition) is 15. The number of phenols is 1. The summed E-state index contributed by atoms with van der Waals surface area (Å²) in [5, 5.41) is 56.3. The van der Waals surface area contributed by atoms with Crippen LogP contribution in [0.25, 0.3) is 10.2 Å². The number of carboxylic acids is 2. The van der Waals surface area contributed by atoms with E-state index in [4.69, 9.17) is 24.5 Å². The lowest BCUT2D eigenvalue weighted by Crippen LogP contribution is -2.52. The van der Waals surface area contributed by atoms with Crippen LogP contribution in [0.5, 0.6) is 5.75 Å². The van der Waals surface area contributed by atoms with E-state index in [9.17, 15) is 60.8 Å². The lowest BCUT2D eigenvalue weighted by Gasteiger charge is -2.51. The Balaban J connectivity index is 0.000000619. The predicted octanol–water partition coefficient (Wildman–Crippen LogP) is 7.19. The zero-order valence-electron chi connectivity index (χ0n) is 39.0. The highest BCUT2D eigenvalue weighted by molar-refractivity contribution is 7.16. The smallest absolute Gasteiger partial charge is 0.490 e. The number of thiophene rings is 2. The molecule has 0 bridgehead atoms. The topological polar surface area (TPSA) is 259 Å². The Bertz CT molecular complexity index is 2620. The van der Waals surface area contributed by atoms with E-state index in [1.807, 2.05) is 54.2 Å². The standard InChI is InChI=1S/C43H51N5O8S3.2C2HF3O2/c1-47(18-3-2-8-36(51)45-29-11-9-28(10-12-29)26-44-27-33(50)31-13-14-32(49)38-39(31)59-41(54)46-38)37(52)15-19-48-20-16-42(17-21-48)24-30(25-42)56-40(53)43(55,34-6-4-22-57-34)35-7-5-23-58-35;2*3-2(4,5)1(6)7/h4-7,9-14,22-23,30,33,44,49-50,55H,2-3,8,15-21,24-27H2,1H3,(H,45,51)(H,46,54);2*(H,6,7)/t33-;;/m0../s1. The number of aromatic nitrogens is 1. The van der Waals surface area contributed by atoms with Gasteiger partial charge in [-0.05, 0) is 104 Å². The van der Waals surface area contributed by atoms with E-state index in [1.54, 1.807) is 23.1 Å². The number of nitrogens with one attached hydrogen (secondary N) is 3. The van der Waals surface area contributed by atoms with Gasteiger partial charge < -0.3 is 55.7 Å². The van der Waals surface area contributed by atoms with Crippen LogP contribution in [0.15, 0.2) is 76.2 Å². The first kappa shape index (κ1) is 58.0. The molecule has 1 saturated heterocycles. The van der Waals surface area contributed by atoms with Crippen LogP contribution in [0, 0.1) is 5.41 Å². The number of nitrogens with zero attached hydrogens (tertiary/aromatic N) is 2. The van der Waals surface area contributed by atoms with Crippen LogP contribution in [0.3, 0.4) is 0 Å². The minimum atomic E-state index is -5.08. The number of halogens is 6. The molecule has 7 rings (SSSR count). The number of unbranched alkanes of at least 4 members (excludes halogenated alkanes) is 1. The van der Waals surface area contributed by atoms with Crippen LogP contribution >= 0.6 is 34.0 Å². The van der Waals surface area contributed by atoms with Crippen molar-refractivity contribution in [3.05, 3.63) is 102 Å². The van der Waals surface area contributed by atoms with E-state index < -0.39 is 42.0 Å². The number of aliphatic carboxylic acids is 2. The van der Waals surface area contributed by atoms with Gasteiger partial charge in [0.25, 0.3) is 0 Å². The average Bonchev–Trinajstić information content (AvgIpc) is 4.14. The molecular weight excluding hydrogens is 1040 g/mol. The Kier molecular flexibility index (Phi) is 20.1. The van der Waals surface area contributed by atoms with Gasteiger partial charge in [0.1, 0.15) is 17.4 Å². The molecular formula is C47H53F6N5O12S3. The van der Waals surface area contributed by atoms with Crippen LogP contribution in [0.4, 0.5) is 32.0 Å². The third kappa shape index (κ3) is 16.3. The summed E-state index contributed by atoms with van der Waals surface area (Å²) >= 11 is 3.64. The molecule has 1 aliphatic carbocycles. The Morgan fingerprint density at radius 1 is 0.877 bits per heavy atom. The molecule has 2 amide bonds. The maximum absolute atomic E-state index is 13.3. The lowest BCUT2D eigenvalue weighted by molar-refractivity contribution is -0.193. The van der Waals surface area contributed by atoms with Crippen LogP contribution in [0.1, 0.15) is 78.4 Å². The van der Waals surface area contributed by atoms with Gasteiger partial charge in [-0.15, -0.1) is 22.7 Å². The molecule has 5 aromatic rings. The quantitative estimate of drug-likeness (QED) is 0.0246. The average molecular weight is 1090 g/mol. The van der Waals surface area contributed by atoms with Crippen LogP contribution in [-0.2, 0) is 40.9 Å². The van der Waals surface area contributed by atoms with Crippen molar-refractivity contribution in [2.75, 3.05) is 45.1 Å². The molecule has 2 aliphatic rings. The number of hydrogen-bond donors (Lipinski definition) is 8. The number of phenolic OH excluding ortho intramolecular Hbond substituents is 1. The molecule has 2 aromatic carbocycles. The molecule has 8 N–H and O–H groups in total. The summed E-state index contributed by atoms with van der Waals surface area (Å²) in [5.41, 5.74) is 0.917. The number of thiazole rings is 1. The molecule has 1 saturated carbocycles. The number of fused-ring (bicyclic) bond motifs is 1. The van der Waals surface area contributed by atoms with Gasteiger partial charge in [-0.2, -0.15) is 26.3 Å². The number of esters is 1. The Hall–Kier alpha value is -5.90. The minimum absolute atomic E-state index is 0.0333. The lowest BCUT2D eigenvalue weighted by atomic mass is 9.61. The summed E-state index contributed by atoms with van der Waals surface area (Å²) in [5.74, 6) is -6.15. The first-order valence-electron chi connectivity index (χ1n) is 22.5.